The summed E-state index contributed by atoms with van der Waals surface area (Å²) in [5.74, 6) is -0.214. The molecule has 1 N–H and O–H groups in total. The second kappa shape index (κ2) is 8.76. The normalized spacial score (nSPS) is 11.2. The minimum atomic E-state index is -0.595. The SMILES string of the molecule is COc1ccc(F)cc1-c1ncc(Nc2ccc(C)cc2C(=O)OC(C)(C)C)cc1C. The van der Waals surface area contributed by atoms with Crippen LogP contribution in [0, 0.1) is 19.7 Å². The van der Waals surface area contributed by atoms with Crippen LogP contribution in [0.5, 0.6) is 5.75 Å². The van der Waals surface area contributed by atoms with Gasteiger partial charge in [-0.25, -0.2) is 9.18 Å². The molecule has 0 atom stereocenters. The highest BCUT2D eigenvalue weighted by Gasteiger charge is 2.21. The molecule has 0 fully saturated rings. The van der Waals surface area contributed by atoms with E-state index in [1.807, 2.05) is 52.8 Å². The molecule has 0 spiro atoms. The first-order valence-corrected chi connectivity index (χ1v) is 9.99. The Morgan fingerprint density at radius 3 is 2.45 bits per heavy atom. The van der Waals surface area contributed by atoms with Crippen LogP contribution in [0.2, 0.25) is 0 Å². The summed E-state index contributed by atoms with van der Waals surface area (Å²) in [6.07, 6.45) is 1.64. The van der Waals surface area contributed by atoms with E-state index in [4.69, 9.17) is 9.47 Å². The Hall–Kier alpha value is -3.41. The topological polar surface area (TPSA) is 60.5 Å². The van der Waals surface area contributed by atoms with E-state index in [1.165, 1.54) is 19.2 Å². The zero-order valence-electron chi connectivity index (χ0n) is 18.7. The van der Waals surface area contributed by atoms with E-state index in [9.17, 15) is 9.18 Å². The maximum atomic E-state index is 13.8. The summed E-state index contributed by atoms with van der Waals surface area (Å²) >= 11 is 0. The Morgan fingerprint density at radius 1 is 1.06 bits per heavy atom. The van der Waals surface area contributed by atoms with Crippen molar-refractivity contribution >= 4 is 17.3 Å². The van der Waals surface area contributed by atoms with Gasteiger partial charge in [-0.1, -0.05) is 11.6 Å². The number of ether oxygens (including phenoxy) is 2. The predicted molar refractivity (Wildman–Crippen MR) is 121 cm³/mol. The van der Waals surface area contributed by atoms with Crippen molar-refractivity contribution in [1.29, 1.82) is 0 Å². The number of aromatic nitrogens is 1. The maximum Gasteiger partial charge on any atom is 0.340 e. The minimum Gasteiger partial charge on any atom is -0.496 e. The number of carbonyl (C=O) groups excluding carboxylic acids is 1. The minimum absolute atomic E-state index is 0.360. The smallest absolute Gasteiger partial charge is 0.340 e. The number of aryl methyl sites for hydroxylation is 2. The molecular weight excluding hydrogens is 395 g/mol. The second-order valence-corrected chi connectivity index (χ2v) is 8.41. The van der Waals surface area contributed by atoms with Gasteiger partial charge in [0.25, 0.3) is 0 Å². The lowest BCUT2D eigenvalue weighted by Crippen LogP contribution is -2.24. The summed E-state index contributed by atoms with van der Waals surface area (Å²) < 4.78 is 24.7. The maximum absolute atomic E-state index is 13.8. The van der Waals surface area contributed by atoms with Gasteiger partial charge in [-0.15, -0.1) is 0 Å². The number of pyridine rings is 1. The monoisotopic (exact) mass is 422 g/mol. The molecule has 1 aromatic heterocycles. The van der Waals surface area contributed by atoms with Gasteiger partial charge in [-0.2, -0.15) is 0 Å². The summed E-state index contributed by atoms with van der Waals surface area (Å²) in [5.41, 5.74) is 4.16. The number of halogens is 1. The molecule has 0 unspecified atom stereocenters. The van der Waals surface area contributed by atoms with Crippen molar-refractivity contribution in [3.63, 3.8) is 0 Å². The second-order valence-electron chi connectivity index (χ2n) is 8.41. The lowest BCUT2D eigenvalue weighted by molar-refractivity contribution is 0.00706. The number of methoxy groups -OCH3 is 1. The van der Waals surface area contributed by atoms with E-state index in [2.05, 4.69) is 10.3 Å². The number of carbonyl (C=O) groups is 1. The van der Waals surface area contributed by atoms with Crippen molar-refractivity contribution in [3.8, 4) is 17.0 Å². The number of esters is 1. The third kappa shape index (κ3) is 5.40. The van der Waals surface area contributed by atoms with Crippen molar-refractivity contribution in [1.82, 2.24) is 4.98 Å². The molecule has 31 heavy (non-hydrogen) atoms. The number of nitrogens with zero attached hydrogens (tertiary/aromatic N) is 1. The van der Waals surface area contributed by atoms with Crippen molar-refractivity contribution in [2.24, 2.45) is 0 Å². The average molecular weight is 423 g/mol. The van der Waals surface area contributed by atoms with Gasteiger partial charge in [0.2, 0.25) is 0 Å². The Morgan fingerprint density at radius 2 is 1.81 bits per heavy atom. The summed E-state index contributed by atoms with van der Waals surface area (Å²) in [6, 6.07) is 11.8. The molecule has 0 saturated heterocycles. The zero-order valence-corrected chi connectivity index (χ0v) is 18.7. The van der Waals surface area contributed by atoms with Crippen LogP contribution < -0.4 is 10.1 Å². The fraction of sp³-hybridized carbons (Fsp3) is 0.280. The molecular formula is C25H27FN2O3. The summed E-state index contributed by atoms with van der Waals surface area (Å²) in [4.78, 5) is 17.2. The summed E-state index contributed by atoms with van der Waals surface area (Å²) in [7, 11) is 1.54. The molecule has 0 amide bonds. The van der Waals surface area contributed by atoms with Gasteiger partial charge < -0.3 is 14.8 Å². The average Bonchev–Trinajstić information content (AvgIpc) is 2.68. The van der Waals surface area contributed by atoms with Gasteiger partial charge in [0.15, 0.2) is 0 Å². The Labute approximate surface area is 182 Å². The van der Waals surface area contributed by atoms with Crippen LogP contribution >= 0.6 is 0 Å². The van der Waals surface area contributed by atoms with Crippen LogP contribution in [-0.4, -0.2) is 23.7 Å². The van der Waals surface area contributed by atoms with Crippen molar-refractivity contribution < 1.29 is 18.7 Å². The summed E-state index contributed by atoms with van der Waals surface area (Å²) in [5, 5.41) is 3.26. The quantitative estimate of drug-likeness (QED) is 0.495. The fourth-order valence-electron chi connectivity index (χ4n) is 3.21. The van der Waals surface area contributed by atoms with Gasteiger partial charge in [0.1, 0.15) is 17.2 Å². The highest BCUT2D eigenvalue weighted by atomic mass is 19.1. The van der Waals surface area contributed by atoms with Gasteiger partial charge in [-0.05, 0) is 76.6 Å². The van der Waals surface area contributed by atoms with Crippen LogP contribution in [0.4, 0.5) is 15.8 Å². The molecule has 0 aliphatic rings. The van der Waals surface area contributed by atoms with E-state index < -0.39 is 11.6 Å². The number of benzene rings is 2. The molecule has 6 heteroatoms. The third-order valence-corrected chi connectivity index (χ3v) is 4.57. The first-order valence-electron chi connectivity index (χ1n) is 9.99. The largest absolute Gasteiger partial charge is 0.496 e. The van der Waals surface area contributed by atoms with Crippen LogP contribution in [0.15, 0.2) is 48.7 Å². The fourth-order valence-corrected chi connectivity index (χ4v) is 3.21. The number of hydrogen-bond donors (Lipinski definition) is 1. The van der Waals surface area contributed by atoms with Crippen molar-refractivity contribution in [2.45, 2.75) is 40.2 Å². The molecule has 0 saturated carbocycles. The van der Waals surface area contributed by atoms with Gasteiger partial charge in [-0.3, -0.25) is 4.98 Å². The van der Waals surface area contributed by atoms with E-state index in [0.29, 0.717) is 33.9 Å². The molecule has 0 aliphatic carbocycles. The Kier molecular flexibility index (Phi) is 6.29. The van der Waals surface area contributed by atoms with Crippen LogP contribution in [0.25, 0.3) is 11.3 Å². The number of rotatable bonds is 5. The van der Waals surface area contributed by atoms with E-state index >= 15 is 0 Å². The van der Waals surface area contributed by atoms with Crippen molar-refractivity contribution in [2.75, 3.05) is 12.4 Å². The van der Waals surface area contributed by atoms with Gasteiger partial charge in [0.05, 0.1) is 35.9 Å². The first-order chi connectivity index (χ1) is 14.6. The lowest BCUT2D eigenvalue weighted by atomic mass is 10.0. The number of nitrogens with one attached hydrogen (secondary N) is 1. The van der Waals surface area contributed by atoms with Crippen LogP contribution in [0.1, 0.15) is 42.3 Å². The lowest BCUT2D eigenvalue weighted by Gasteiger charge is -2.21. The molecule has 0 aliphatic heterocycles. The van der Waals surface area contributed by atoms with E-state index in [0.717, 1.165) is 11.1 Å². The third-order valence-electron chi connectivity index (χ3n) is 4.57. The molecule has 0 bridgehead atoms. The summed E-state index contributed by atoms with van der Waals surface area (Å²) in [6.45, 7) is 9.31. The van der Waals surface area contributed by atoms with E-state index in [-0.39, 0.29) is 5.82 Å². The van der Waals surface area contributed by atoms with Gasteiger partial charge in [0, 0.05) is 5.56 Å². The molecule has 162 valence electrons. The predicted octanol–water partition coefficient (Wildman–Crippen LogP) is 6.21. The molecule has 0 radical (unpaired) electrons. The molecule has 3 rings (SSSR count). The van der Waals surface area contributed by atoms with Crippen molar-refractivity contribution in [3.05, 3.63) is 71.2 Å². The Balaban J connectivity index is 1.94. The molecule has 2 aromatic carbocycles. The molecule has 3 aromatic rings. The Bertz CT molecular complexity index is 1120. The highest BCUT2D eigenvalue weighted by Crippen LogP contribution is 2.33. The van der Waals surface area contributed by atoms with E-state index in [1.54, 1.807) is 18.3 Å². The number of hydrogen-bond acceptors (Lipinski definition) is 5. The highest BCUT2D eigenvalue weighted by molar-refractivity contribution is 5.97. The van der Waals surface area contributed by atoms with Crippen LogP contribution in [-0.2, 0) is 4.74 Å². The van der Waals surface area contributed by atoms with Crippen LogP contribution in [0.3, 0.4) is 0 Å². The molecule has 5 nitrogen and oxygen atoms in total. The standard InChI is InChI=1S/C25H27FN2O3/c1-15-7-9-21(19(11-15)24(29)31-25(3,4)5)28-18-12-16(2)23(27-14-18)20-13-17(26)8-10-22(20)30-6/h7-14,28H,1-6H3. The number of anilines is 2. The first kappa shape index (κ1) is 22.3. The van der Waals surface area contributed by atoms with Gasteiger partial charge >= 0.3 is 5.97 Å². The molecule has 1 heterocycles. The zero-order chi connectivity index (χ0) is 22.8.